The van der Waals surface area contributed by atoms with Crippen LogP contribution in [-0.4, -0.2) is 43.6 Å². The Morgan fingerprint density at radius 3 is 1.02 bits per heavy atom. The summed E-state index contributed by atoms with van der Waals surface area (Å²) < 4.78 is 30.4. The molecule has 0 amide bonds. The van der Waals surface area contributed by atoms with Gasteiger partial charge in [-0.25, -0.2) is 29.9 Å². The molecule has 0 saturated heterocycles. The van der Waals surface area contributed by atoms with Crippen LogP contribution < -0.4 is 0 Å². The van der Waals surface area contributed by atoms with Crippen molar-refractivity contribution in [2.75, 3.05) is 0 Å². The van der Waals surface area contributed by atoms with E-state index < -0.39 is 0 Å². The molecule has 0 saturated carbocycles. The third-order valence-electron chi connectivity index (χ3n) is 29.8. The second-order valence-electron chi connectivity index (χ2n) is 37.5. The molecular weight excluding hydrogens is 1850 g/mol. The summed E-state index contributed by atoms with van der Waals surface area (Å²) in [6.45, 7) is 0. The highest BCUT2D eigenvalue weighted by molar-refractivity contribution is 7.28. The van der Waals surface area contributed by atoms with E-state index in [-0.39, 0.29) is 0 Å². The van der Waals surface area contributed by atoms with Crippen molar-refractivity contribution in [3.05, 3.63) is 431 Å². The van der Waals surface area contributed by atoms with Gasteiger partial charge in [0.2, 0.25) is 17.8 Å². The summed E-state index contributed by atoms with van der Waals surface area (Å²) in [7, 11) is 0. The zero-order valence-electron chi connectivity index (χ0n) is 77.0. The maximum Gasteiger partial charge on any atom is 0.235 e. The SMILES string of the molecule is c1ccc(-c2nc(-n3c4ccccc4c4c5oc6ccc7ccc8oc9ccccc9c8c7c6c5ccc43)nc3ccccc23)cc1.c1ccc(-c2nc(-n3c4ccccc4c4c5sc6ccc7ccc8sc9ccccc9c8c7c6c5ccc43)nc3c2ccc2ccccc23)cc1.c1ccc(-c2nc(-n3c4ccccc4c4c5sc6ccc7ccc8sc9ccccc9c8c7c6c5ccc43)nc3ccccc23)cc1. The maximum atomic E-state index is 6.85. The summed E-state index contributed by atoms with van der Waals surface area (Å²) in [5, 5.41) is 35.2. The van der Waals surface area contributed by atoms with Crippen LogP contribution in [0.5, 0.6) is 0 Å². The second-order valence-corrected chi connectivity index (χ2v) is 41.8. The van der Waals surface area contributed by atoms with E-state index in [9.17, 15) is 0 Å². The van der Waals surface area contributed by atoms with Gasteiger partial charge in [-0.3, -0.25) is 13.7 Å². The molecule has 11 nitrogen and oxygen atoms in total. The predicted octanol–water partition coefficient (Wildman–Crippen LogP) is 37.1. The molecule has 34 aromatic rings. The number of fused-ring (bicyclic) bond motifs is 44. The molecular formula is C130H71N9O2S4. The first-order chi connectivity index (χ1) is 71.9. The zero-order valence-corrected chi connectivity index (χ0v) is 80.2. The van der Waals surface area contributed by atoms with Gasteiger partial charge in [-0.15, -0.1) is 45.3 Å². The number of furan rings is 2. The van der Waals surface area contributed by atoms with E-state index in [0.717, 1.165) is 170 Å². The first-order valence-corrected chi connectivity index (χ1v) is 51.9. The van der Waals surface area contributed by atoms with Crippen LogP contribution in [0, 0.1) is 0 Å². The van der Waals surface area contributed by atoms with Crippen molar-refractivity contribution in [1.29, 1.82) is 0 Å². The van der Waals surface area contributed by atoms with E-state index in [1.54, 1.807) is 0 Å². The van der Waals surface area contributed by atoms with Crippen LogP contribution in [0.15, 0.2) is 440 Å². The molecule has 0 aliphatic heterocycles. The minimum Gasteiger partial charge on any atom is -0.456 e. The summed E-state index contributed by atoms with van der Waals surface area (Å²) in [6.07, 6.45) is 0. The van der Waals surface area contributed by atoms with Crippen molar-refractivity contribution < 1.29 is 8.83 Å². The van der Waals surface area contributed by atoms with Gasteiger partial charge in [-0.1, -0.05) is 315 Å². The molecule has 0 fully saturated rings. The van der Waals surface area contributed by atoms with Crippen LogP contribution in [-0.2, 0) is 0 Å². The molecule has 0 atom stereocenters. The Morgan fingerprint density at radius 2 is 0.517 bits per heavy atom. The van der Waals surface area contributed by atoms with Crippen LogP contribution in [0.25, 0.3) is 317 Å². The molecule has 34 rings (SSSR count). The Bertz CT molecular complexity index is 11200. The summed E-state index contributed by atoms with van der Waals surface area (Å²) in [5.41, 5.74) is 18.7. The standard InChI is InChI=1S/C46H25N3S2.C42H23N3O2.C42H23N3S2/c1-2-11-28(12-3-1)43-33-21-18-26-10-4-5-13-29(26)44(33)48-46(47-43)49-34-16-8-6-14-30(34)40-35(49)23-22-32-42-38(51-45(32)40)25-20-27-19-24-37-41(39(27)42)31-15-7-9-17-36(31)50-37;2*1-2-10-25(11-3-1)40-26-12-4-7-15-30(26)43-42(44-40)45-31-16-8-5-13-27(31)37-32(45)21-20-29-39-35(47-41(29)37)23-19-24-18-22-34-38(36(24)39)28-14-6-9-17-33(28)46-34/h1-25H;2*1-23H. The minimum atomic E-state index is 0.626. The Labute approximate surface area is 839 Å². The van der Waals surface area contributed by atoms with Gasteiger partial charge < -0.3 is 8.83 Å². The predicted molar refractivity (Wildman–Crippen MR) is 614 cm³/mol. The van der Waals surface area contributed by atoms with Gasteiger partial charge in [0, 0.05) is 184 Å². The smallest absolute Gasteiger partial charge is 0.235 e. The number of benzene rings is 22. The van der Waals surface area contributed by atoms with Gasteiger partial charge in [-0.05, 0) is 137 Å². The molecule has 22 aromatic carbocycles. The number of hydrogen-bond donors (Lipinski definition) is 0. The van der Waals surface area contributed by atoms with Crippen LogP contribution in [0.3, 0.4) is 0 Å². The Morgan fingerprint density at radius 1 is 0.172 bits per heavy atom. The summed E-state index contributed by atoms with van der Waals surface area (Å²) >= 11 is 7.57. The molecule has 0 unspecified atom stereocenters. The van der Waals surface area contributed by atoms with E-state index in [4.69, 9.17) is 38.7 Å². The van der Waals surface area contributed by atoms with Crippen LogP contribution in [0.4, 0.5) is 0 Å². The average Bonchev–Trinajstić information content (AvgIpc) is 1.55. The number of para-hydroxylation sites is 6. The fraction of sp³-hybridized carbons (Fsp3) is 0. The maximum absolute atomic E-state index is 6.85. The Hall–Kier alpha value is -18.2. The Kier molecular flexibility index (Phi) is 17.3. The highest BCUT2D eigenvalue weighted by atomic mass is 32.1. The minimum absolute atomic E-state index is 0.626. The molecule has 0 bridgehead atoms. The van der Waals surface area contributed by atoms with Crippen LogP contribution >= 0.6 is 45.3 Å². The normalized spacial score (nSPS) is 12.3. The van der Waals surface area contributed by atoms with E-state index in [1.807, 2.05) is 81.7 Å². The Balaban J connectivity index is 0.0000000972. The molecule has 0 aliphatic rings. The number of hydrogen-bond acceptors (Lipinski definition) is 12. The van der Waals surface area contributed by atoms with Crippen molar-refractivity contribution in [2.24, 2.45) is 0 Å². The van der Waals surface area contributed by atoms with E-state index in [2.05, 4.69) is 408 Å². The summed E-state index contributed by atoms with van der Waals surface area (Å²) in [6, 6.07) is 153. The number of aromatic nitrogens is 9. The van der Waals surface area contributed by atoms with E-state index in [0.29, 0.717) is 17.8 Å². The highest BCUT2D eigenvalue weighted by Crippen LogP contribution is 2.54. The average molecular weight is 1920 g/mol. The van der Waals surface area contributed by atoms with Gasteiger partial charge in [0.05, 0.1) is 72.1 Å². The zero-order chi connectivity index (χ0) is 94.5. The van der Waals surface area contributed by atoms with Crippen molar-refractivity contribution in [2.45, 2.75) is 0 Å². The van der Waals surface area contributed by atoms with Gasteiger partial charge >= 0.3 is 0 Å². The number of rotatable bonds is 6. The van der Waals surface area contributed by atoms with Crippen molar-refractivity contribution in [3.8, 4) is 51.6 Å². The van der Waals surface area contributed by atoms with Crippen molar-refractivity contribution in [1.82, 2.24) is 43.6 Å². The fourth-order valence-electron chi connectivity index (χ4n) is 23.6. The van der Waals surface area contributed by atoms with E-state index >= 15 is 0 Å². The van der Waals surface area contributed by atoms with Crippen LogP contribution in [0.2, 0.25) is 0 Å². The molecule has 145 heavy (non-hydrogen) atoms. The highest BCUT2D eigenvalue weighted by Gasteiger charge is 2.30. The second kappa shape index (κ2) is 31.1. The first kappa shape index (κ1) is 80.6. The molecule has 0 radical (unpaired) electrons. The monoisotopic (exact) mass is 1920 g/mol. The third-order valence-corrected chi connectivity index (χ3v) is 34.4. The molecule has 12 heterocycles. The number of thiophene rings is 4. The molecule has 12 aromatic heterocycles. The van der Waals surface area contributed by atoms with Crippen LogP contribution in [0.1, 0.15) is 0 Å². The van der Waals surface area contributed by atoms with Gasteiger partial charge in [0.15, 0.2) is 0 Å². The quantitative estimate of drug-likeness (QED) is 0.151. The lowest BCUT2D eigenvalue weighted by molar-refractivity contribution is 0.669. The molecule has 15 heteroatoms. The van der Waals surface area contributed by atoms with Gasteiger partial charge in [-0.2, -0.15) is 0 Å². The topological polar surface area (TPSA) is 118 Å². The molecule has 0 spiro atoms. The van der Waals surface area contributed by atoms with Crippen molar-refractivity contribution in [3.63, 3.8) is 0 Å². The summed E-state index contributed by atoms with van der Waals surface area (Å²) in [4.78, 5) is 31.7. The van der Waals surface area contributed by atoms with E-state index in [1.165, 1.54) is 129 Å². The lowest BCUT2D eigenvalue weighted by Gasteiger charge is -2.13. The largest absolute Gasteiger partial charge is 0.456 e. The fourth-order valence-corrected chi connectivity index (χ4v) is 28.4. The molecule has 672 valence electrons. The van der Waals surface area contributed by atoms with Gasteiger partial charge in [0.1, 0.15) is 22.3 Å². The summed E-state index contributed by atoms with van der Waals surface area (Å²) in [5.74, 6) is 1.99. The third kappa shape index (κ3) is 11.9. The van der Waals surface area contributed by atoms with Gasteiger partial charge in [0.25, 0.3) is 0 Å². The lowest BCUT2D eigenvalue weighted by atomic mass is 9.98. The molecule has 0 aliphatic carbocycles. The van der Waals surface area contributed by atoms with Crippen molar-refractivity contribution >= 4 is 311 Å². The first-order valence-electron chi connectivity index (χ1n) is 48.7. The lowest BCUT2D eigenvalue weighted by Crippen LogP contribution is -2.03. The molecule has 0 N–H and O–H groups in total. The number of nitrogens with zero attached hydrogens (tertiary/aromatic N) is 9.